The third-order valence-electron chi connectivity index (χ3n) is 3.98. The molecule has 1 atom stereocenters. The summed E-state index contributed by atoms with van der Waals surface area (Å²) in [7, 11) is 0. The average Bonchev–Trinajstić information content (AvgIpc) is 3.09. The Kier molecular flexibility index (Phi) is 4.40. The topological polar surface area (TPSA) is 40.6 Å². The van der Waals surface area contributed by atoms with Crippen LogP contribution in [0.15, 0.2) is 24.3 Å². The summed E-state index contributed by atoms with van der Waals surface area (Å²) >= 11 is 7.48. The third kappa shape index (κ3) is 3.19. The van der Waals surface area contributed by atoms with Crippen LogP contribution in [-0.4, -0.2) is 46.3 Å². The maximum atomic E-state index is 12.5. The number of halogens is 1. The summed E-state index contributed by atoms with van der Waals surface area (Å²) in [5, 5.41) is 0.703. The largest absolute Gasteiger partial charge is 0.334 e. The van der Waals surface area contributed by atoms with Gasteiger partial charge in [0.1, 0.15) is 6.54 Å². The first-order valence-corrected chi connectivity index (χ1v) is 8.59. The zero-order chi connectivity index (χ0) is 14.8. The van der Waals surface area contributed by atoms with Gasteiger partial charge in [-0.3, -0.25) is 9.59 Å². The van der Waals surface area contributed by atoms with E-state index in [4.69, 9.17) is 11.6 Å². The second-order valence-corrected chi connectivity index (χ2v) is 6.76. The van der Waals surface area contributed by atoms with Gasteiger partial charge in [-0.05, 0) is 30.5 Å². The van der Waals surface area contributed by atoms with E-state index < -0.39 is 0 Å². The Morgan fingerprint density at radius 1 is 1.33 bits per heavy atom. The zero-order valence-corrected chi connectivity index (χ0v) is 13.2. The lowest BCUT2D eigenvalue weighted by atomic mass is 10.0. The minimum atomic E-state index is 0.0447. The molecular formula is C15H17ClN2O2S. The number of carbonyl (C=O) groups excluding carboxylic acids is 2. The van der Waals surface area contributed by atoms with Crippen molar-refractivity contribution in [2.45, 2.75) is 18.9 Å². The van der Waals surface area contributed by atoms with E-state index in [1.807, 2.05) is 29.2 Å². The summed E-state index contributed by atoms with van der Waals surface area (Å²) < 4.78 is 0. The van der Waals surface area contributed by atoms with Crippen LogP contribution >= 0.6 is 23.4 Å². The van der Waals surface area contributed by atoms with Gasteiger partial charge >= 0.3 is 0 Å². The summed E-state index contributed by atoms with van der Waals surface area (Å²) in [6, 6.07) is 7.79. The number of thioether (sulfide) groups is 1. The van der Waals surface area contributed by atoms with E-state index in [1.165, 1.54) is 0 Å². The fraction of sp³-hybridized carbons (Fsp3) is 0.467. The fourth-order valence-corrected chi connectivity index (χ4v) is 3.92. The molecule has 1 aromatic rings. The molecule has 3 rings (SSSR count). The molecule has 2 saturated heterocycles. The number of benzene rings is 1. The summed E-state index contributed by atoms with van der Waals surface area (Å²) in [6.45, 7) is 0.969. The summed E-state index contributed by atoms with van der Waals surface area (Å²) in [5.41, 5.74) is 1.12. The zero-order valence-electron chi connectivity index (χ0n) is 11.6. The number of hydrogen-bond donors (Lipinski definition) is 0. The highest BCUT2D eigenvalue weighted by molar-refractivity contribution is 8.00. The van der Waals surface area contributed by atoms with Gasteiger partial charge in [-0.2, -0.15) is 0 Å². The van der Waals surface area contributed by atoms with E-state index in [2.05, 4.69) is 0 Å². The molecule has 0 spiro atoms. The quantitative estimate of drug-likeness (QED) is 0.858. The van der Waals surface area contributed by atoms with Crippen molar-refractivity contribution in [1.29, 1.82) is 0 Å². The van der Waals surface area contributed by atoms with Crippen LogP contribution in [0.25, 0.3) is 0 Å². The SMILES string of the molecule is O=C1CSCN1CC(=O)N1CCCC1c1ccc(Cl)cc1. The van der Waals surface area contributed by atoms with Crippen molar-refractivity contribution in [2.24, 2.45) is 0 Å². The van der Waals surface area contributed by atoms with Crippen molar-refractivity contribution >= 4 is 35.2 Å². The first kappa shape index (κ1) is 14.7. The minimum Gasteiger partial charge on any atom is -0.334 e. The molecule has 0 aliphatic carbocycles. The lowest BCUT2D eigenvalue weighted by Crippen LogP contribution is -2.40. The molecule has 0 N–H and O–H groups in total. The van der Waals surface area contributed by atoms with Gasteiger partial charge in [0.2, 0.25) is 11.8 Å². The molecule has 0 bridgehead atoms. The van der Waals surface area contributed by atoms with E-state index in [-0.39, 0.29) is 24.4 Å². The summed E-state index contributed by atoms with van der Waals surface area (Å²) in [4.78, 5) is 27.7. The smallest absolute Gasteiger partial charge is 0.242 e. The maximum absolute atomic E-state index is 12.5. The molecule has 2 fully saturated rings. The number of likely N-dealkylation sites (tertiary alicyclic amines) is 1. The molecule has 0 aromatic heterocycles. The van der Waals surface area contributed by atoms with E-state index in [0.29, 0.717) is 16.7 Å². The molecule has 2 amide bonds. The maximum Gasteiger partial charge on any atom is 0.242 e. The molecule has 1 aromatic carbocycles. The molecule has 1 unspecified atom stereocenters. The van der Waals surface area contributed by atoms with Crippen molar-refractivity contribution in [3.8, 4) is 0 Å². The van der Waals surface area contributed by atoms with Gasteiger partial charge in [0.15, 0.2) is 0 Å². The Bertz CT molecular complexity index is 549. The van der Waals surface area contributed by atoms with Gasteiger partial charge in [-0.25, -0.2) is 0 Å². The predicted octanol–water partition coefficient (Wildman–Crippen LogP) is 2.54. The first-order chi connectivity index (χ1) is 10.1. The molecule has 2 heterocycles. The Hall–Kier alpha value is -1.20. The normalized spacial score (nSPS) is 22.1. The number of amides is 2. The van der Waals surface area contributed by atoms with Gasteiger partial charge in [0, 0.05) is 11.6 Å². The van der Waals surface area contributed by atoms with Crippen LogP contribution in [0.5, 0.6) is 0 Å². The van der Waals surface area contributed by atoms with Gasteiger partial charge in [-0.15, -0.1) is 11.8 Å². The van der Waals surface area contributed by atoms with Crippen molar-refractivity contribution in [3.63, 3.8) is 0 Å². The number of hydrogen-bond acceptors (Lipinski definition) is 3. The Morgan fingerprint density at radius 3 is 2.76 bits per heavy atom. The number of rotatable bonds is 3. The first-order valence-electron chi connectivity index (χ1n) is 7.05. The monoisotopic (exact) mass is 324 g/mol. The Balaban J connectivity index is 1.69. The third-order valence-corrected chi connectivity index (χ3v) is 5.18. The van der Waals surface area contributed by atoms with Crippen LogP contribution in [0.4, 0.5) is 0 Å². The molecule has 21 heavy (non-hydrogen) atoms. The van der Waals surface area contributed by atoms with E-state index in [0.717, 1.165) is 24.9 Å². The highest BCUT2D eigenvalue weighted by Gasteiger charge is 2.32. The average molecular weight is 325 g/mol. The minimum absolute atomic E-state index is 0.0447. The molecule has 6 heteroatoms. The second-order valence-electron chi connectivity index (χ2n) is 5.37. The summed E-state index contributed by atoms with van der Waals surface area (Å²) in [6.07, 6.45) is 1.97. The second kappa shape index (κ2) is 6.28. The van der Waals surface area contributed by atoms with Gasteiger partial charge < -0.3 is 9.80 Å². The number of nitrogens with zero attached hydrogens (tertiary/aromatic N) is 2. The van der Waals surface area contributed by atoms with Crippen LogP contribution < -0.4 is 0 Å². The molecular weight excluding hydrogens is 308 g/mol. The van der Waals surface area contributed by atoms with Crippen molar-refractivity contribution < 1.29 is 9.59 Å². The van der Waals surface area contributed by atoms with E-state index >= 15 is 0 Å². The standard InChI is InChI=1S/C15H17ClN2O2S/c16-12-5-3-11(4-6-12)13-2-1-7-18(13)14(19)8-17-10-21-9-15(17)20/h3-6,13H,1-2,7-10H2. The Morgan fingerprint density at radius 2 is 2.10 bits per heavy atom. The highest BCUT2D eigenvalue weighted by Crippen LogP contribution is 2.32. The fourth-order valence-electron chi connectivity index (χ4n) is 2.89. The molecule has 112 valence electrons. The van der Waals surface area contributed by atoms with Crippen LogP contribution in [0, 0.1) is 0 Å². The van der Waals surface area contributed by atoms with Gasteiger partial charge in [0.25, 0.3) is 0 Å². The predicted molar refractivity (Wildman–Crippen MR) is 84.2 cm³/mol. The van der Waals surface area contributed by atoms with Gasteiger partial charge in [-0.1, -0.05) is 23.7 Å². The molecule has 4 nitrogen and oxygen atoms in total. The Labute approximate surface area is 133 Å². The van der Waals surface area contributed by atoms with Gasteiger partial charge in [0.05, 0.1) is 17.7 Å². The number of carbonyl (C=O) groups is 2. The lowest BCUT2D eigenvalue weighted by Gasteiger charge is -2.27. The molecule has 0 saturated carbocycles. The highest BCUT2D eigenvalue weighted by atomic mass is 35.5. The lowest BCUT2D eigenvalue weighted by molar-refractivity contribution is -0.138. The summed E-state index contributed by atoms with van der Waals surface area (Å²) in [5.74, 6) is 1.23. The molecule has 0 radical (unpaired) electrons. The molecule has 2 aliphatic rings. The van der Waals surface area contributed by atoms with E-state index in [1.54, 1.807) is 16.7 Å². The van der Waals surface area contributed by atoms with Crippen LogP contribution in [0.1, 0.15) is 24.4 Å². The van der Waals surface area contributed by atoms with Crippen molar-refractivity contribution in [1.82, 2.24) is 9.80 Å². The van der Waals surface area contributed by atoms with Crippen LogP contribution in [0.3, 0.4) is 0 Å². The van der Waals surface area contributed by atoms with Crippen molar-refractivity contribution in [3.05, 3.63) is 34.9 Å². The van der Waals surface area contributed by atoms with Crippen LogP contribution in [-0.2, 0) is 9.59 Å². The molecule has 2 aliphatic heterocycles. The van der Waals surface area contributed by atoms with Crippen LogP contribution in [0.2, 0.25) is 5.02 Å². The van der Waals surface area contributed by atoms with Crippen molar-refractivity contribution in [2.75, 3.05) is 24.7 Å². The van der Waals surface area contributed by atoms with E-state index in [9.17, 15) is 9.59 Å².